The summed E-state index contributed by atoms with van der Waals surface area (Å²) in [6, 6.07) is 13.3. The minimum absolute atomic E-state index is 0. The molecule has 0 heterocycles. The molecule has 3 heteroatoms. The Morgan fingerprint density at radius 1 is 0.909 bits per heavy atom. The van der Waals surface area contributed by atoms with Crippen molar-refractivity contribution in [1.82, 2.24) is 0 Å². The second-order valence-corrected chi connectivity index (χ2v) is 6.25. The average molecular weight is 682 g/mol. The third kappa shape index (κ3) is 3.51. The fourth-order valence-electron chi connectivity index (χ4n) is 3.47. The third-order valence-corrected chi connectivity index (χ3v) is 4.97. The van der Waals surface area contributed by atoms with Crippen molar-refractivity contribution in [2.45, 2.75) is 34.6 Å². The van der Waals surface area contributed by atoms with Gasteiger partial charge in [-0.1, -0.05) is 54.3 Å². The molecule has 0 atom stereocenters. The molecule has 0 aliphatic heterocycles. The molecule has 0 fully saturated rings. The molecule has 0 saturated heterocycles. The Bertz CT molecular complexity index is 700. The number of rotatable bonds is 1. The van der Waals surface area contributed by atoms with Crippen molar-refractivity contribution in [1.29, 1.82) is 0 Å². The van der Waals surface area contributed by atoms with E-state index in [1.807, 2.05) is 0 Å². The van der Waals surface area contributed by atoms with Crippen molar-refractivity contribution in [3.8, 4) is 0 Å². The maximum Gasteiger partial charge on any atom is 0 e. The van der Waals surface area contributed by atoms with E-state index in [1.165, 1.54) is 38.6 Å². The largest absolute Gasteiger partial charge is 1.00 e. The fourth-order valence-corrected chi connectivity index (χ4v) is 3.47. The summed E-state index contributed by atoms with van der Waals surface area (Å²) in [4.78, 5) is 0. The van der Waals surface area contributed by atoms with Gasteiger partial charge in [0.15, 0.2) is 0 Å². The second-order valence-electron chi connectivity index (χ2n) is 6.25. The van der Waals surface area contributed by atoms with E-state index in [0.29, 0.717) is 0 Å². The van der Waals surface area contributed by atoms with Gasteiger partial charge < -0.3 is 48.0 Å². The van der Waals surface area contributed by atoms with E-state index < -0.39 is 0 Å². The first-order valence-electron chi connectivity index (χ1n) is 6.98. The van der Waals surface area contributed by atoms with E-state index in [1.54, 1.807) is 0 Å². The van der Waals surface area contributed by atoms with Gasteiger partial charge in [-0.05, 0) is 26.2 Å². The fraction of sp³-hybridized carbons (Fsp3) is 0.316. The smallest absolute Gasteiger partial charge is 0 e. The molecule has 3 rings (SSSR count). The van der Waals surface area contributed by atoms with Crippen LogP contribution in [0.25, 0.3) is 16.3 Å². The van der Waals surface area contributed by atoms with Crippen LogP contribution in [0.15, 0.2) is 53.1 Å². The van der Waals surface area contributed by atoms with Gasteiger partial charge in [0.1, 0.15) is 0 Å². The van der Waals surface area contributed by atoms with Gasteiger partial charge in [-0.3, -0.25) is 0 Å². The van der Waals surface area contributed by atoms with E-state index in [9.17, 15) is 0 Å². The predicted octanol–water partition coefficient (Wildman–Crippen LogP) is -0.286. The minimum atomic E-state index is 0. The summed E-state index contributed by atoms with van der Waals surface area (Å²) in [7, 11) is 0. The molecule has 118 valence electrons. The van der Waals surface area contributed by atoms with Gasteiger partial charge in [-0.2, -0.15) is 0 Å². The third-order valence-electron chi connectivity index (χ3n) is 4.97. The van der Waals surface area contributed by atoms with Crippen LogP contribution in [0.5, 0.6) is 0 Å². The first-order valence-corrected chi connectivity index (χ1v) is 6.98. The van der Waals surface area contributed by atoms with Crippen LogP contribution in [-0.2, 0) is 25.8 Å². The average Bonchev–Trinajstić information content (AvgIpc) is 2.84. The predicted molar refractivity (Wildman–Crippen MR) is 84.3 cm³/mol. The molecule has 0 radical (unpaired) electrons. The molecule has 2 aromatic carbocycles. The van der Waals surface area contributed by atoms with Gasteiger partial charge in [0.2, 0.25) is 0 Å². The zero-order valence-electron chi connectivity index (χ0n) is 13.7. The number of hydrogen-bond donors (Lipinski definition) is 0. The normalized spacial score (nSPS) is 16.2. The Labute approximate surface area is 187 Å². The number of hydrogen-bond acceptors (Lipinski definition) is 0. The van der Waals surface area contributed by atoms with E-state index in [0.717, 1.165) is 0 Å². The topological polar surface area (TPSA) is 0 Å². The van der Waals surface area contributed by atoms with Crippen LogP contribution in [-0.4, -0.2) is 0 Å². The monoisotopic (exact) mass is 683 g/mol. The Morgan fingerprint density at radius 2 is 1.50 bits per heavy atom. The molecule has 0 aromatic heterocycles. The molecule has 1 aliphatic rings. The van der Waals surface area contributed by atoms with Crippen LogP contribution in [0.3, 0.4) is 0 Å². The summed E-state index contributed by atoms with van der Waals surface area (Å²) in [6.45, 7) is 11.5. The van der Waals surface area contributed by atoms with Crippen LogP contribution >= 0.6 is 0 Å². The summed E-state index contributed by atoms with van der Waals surface area (Å²) in [5.74, 6) is 0. The molecule has 0 nitrogen and oxygen atoms in total. The van der Waals surface area contributed by atoms with Crippen molar-refractivity contribution < 1.29 is 73.8 Å². The van der Waals surface area contributed by atoms with Crippen molar-refractivity contribution in [2.24, 2.45) is 5.41 Å². The van der Waals surface area contributed by atoms with E-state index in [2.05, 4.69) is 71.0 Å². The van der Waals surface area contributed by atoms with Gasteiger partial charge in [-0.25, -0.2) is 0 Å². The molecule has 2 aromatic rings. The van der Waals surface area contributed by atoms with Gasteiger partial charge in [0, 0.05) is 25.8 Å². The number of halogens is 2. The molecule has 0 bridgehead atoms. The van der Waals surface area contributed by atoms with Gasteiger partial charge in [-0.15, -0.1) is 34.5 Å². The molecule has 0 unspecified atom stereocenters. The quantitative estimate of drug-likeness (QED) is 0.221. The number of benzene rings is 1. The Balaban J connectivity index is 0.00000147. The van der Waals surface area contributed by atoms with Crippen LogP contribution in [0.2, 0.25) is 0 Å². The van der Waals surface area contributed by atoms with Gasteiger partial charge >= 0.3 is 0 Å². The molecule has 1 aliphatic carbocycles. The number of allylic oxidation sites excluding steroid dienone is 4. The SMILES string of the molecule is CC1=C(C)C(C)(C)C(c2cc3ccccc3[cH-]2)=C1C.[Hf].[I-].[I-]. The Kier molecular flexibility index (Phi) is 8.38. The molecular formula is C19H21HfI2-3. The molecule has 22 heavy (non-hydrogen) atoms. The van der Waals surface area contributed by atoms with Crippen LogP contribution < -0.4 is 48.0 Å². The van der Waals surface area contributed by atoms with Crippen LogP contribution in [0, 0.1) is 5.41 Å². The first-order chi connectivity index (χ1) is 8.93. The summed E-state index contributed by atoms with van der Waals surface area (Å²) in [5.41, 5.74) is 7.46. The van der Waals surface area contributed by atoms with E-state index in [4.69, 9.17) is 0 Å². The summed E-state index contributed by atoms with van der Waals surface area (Å²) in [6.07, 6.45) is 0. The summed E-state index contributed by atoms with van der Waals surface area (Å²) >= 11 is 0. The van der Waals surface area contributed by atoms with Crippen molar-refractivity contribution >= 4 is 16.3 Å². The van der Waals surface area contributed by atoms with Gasteiger partial charge in [0.05, 0.1) is 0 Å². The molecule has 0 amide bonds. The second kappa shape index (κ2) is 8.15. The van der Waals surface area contributed by atoms with Crippen LogP contribution in [0.1, 0.15) is 40.2 Å². The summed E-state index contributed by atoms with van der Waals surface area (Å²) in [5, 5.41) is 2.69. The maximum atomic E-state index is 2.34. The molecule has 0 saturated carbocycles. The maximum absolute atomic E-state index is 2.34. The van der Waals surface area contributed by atoms with E-state index >= 15 is 0 Å². The van der Waals surface area contributed by atoms with Gasteiger partial charge in [0.25, 0.3) is 0 Å². The summed E-state index contributed by atoms with van der Waals surface area (Å²) < 4.78 is 0. The first kappa shape index (κ1) is 22.6. The van der Waals surface area contributed by atoms with Crippen molar-refractivity contribution in [2.75, 3.05) is 0 Å². The van der Waals surface area contributed by atoms with E-state index in [-0.39, 0.29) is 79.2 Å². The molecular weight excluding hydrogens is 661 g/mol. The zero-order valence-corrected chi connectivity index (χ0v) is 21.6. The Morgan fingerprint density at radius 3 is 2.00 bits per heavy atom. The minimum Gasteiger partial charge on any atom is -1.00 e. The zero-order chi connectivity index (χ0) is 13.8. The standard InChI is InChI=1S/C19H21.Hf.2HI/c1-12-13(2)18(19(4,5)14(12)3)17-10-15-8-6-7-9-16(15)11-17;;;/h6-11H,1-5H3;;2*1H/q-1;;;/p-2. The van der Waals surface area contributed by atoms with Crippen LogP contribution in [0.4, 0.5) is 0 Å². The van der Waals surface area contributed by atoms with Crippen molar-refractivity contribution in [3.63, 3.8) is 0 Å². The number of fused-ring (bicyclic) bond motifs is 1. The van der Waals surface area contributed by atoms with Crippen molar-refractivity contribution in [3.05, 3.63) is 58.7 Å². The molecule has 0 N–H and O–H groups in total. The Hall–Kier alpha value is 0.640. The molecule has 0 spiro atoms.